The van der Waals surface area contributed by atoms with Crippen LogP contribution in [-0.2, 0) is 28.6 Å². The normalized spacial score (nSPS) is 21.3. The van der Waals surface area contributed by atoms with E-state index in [1.807, 2.05) is 26.0 Å². The van der Waals surface area contributed by atoms with Crippen molar-refractivity contribution < 1.29 is 18.5 Å². The monoisotopic (exact) mass is 561 g/mol. The maximum Gasteiger partial charge on any atom is 0.287 e. The Bertz CT molecular complexity index is 1200. The van der Waals surface area contributed by atoms with E-state index in [0.29, 0.717) is 56.2 Å². The molecule has 1 saturated carbocycles. The van der Waals surface area contributed by atoms with Gasteiger partial charge in [0.25, 0.3) is 11.8 Å². The quantitative estimate of drug-likeness (QED) is 0.437. The second kappa shape index (κ2) is 11.1. The first-order valence-electron chi connectivity index (χ1n) is 13.3. The van der Waals surface area contributed by atoms with Crippen LogP contribution in [0.4, 0.5) is 0 Å². The molecule has 2 amide bonds. The summed E-state index contributed by atoms with van der Waals surface area (Å²) in [4.78, 5) is 32.2. The van der Waals surface area contributed by atoms with Gasteiger partial charge in [0.05, 0.1) is 28.9 Å². The summed E-state index contributed by atoms with van der Waals surface area (Å²) in [7, 11) is -1.17. The van der Waals surface area contributed by atoms with Crippen molar-refractivity contribution in [2.45, 2.75) is 68.2 Å². The Kier molecular flexibility index (Phi) is 7.96. The Morgan fingerprint density at radius 2 is 2.05 bits per heavy atom. The van der Waals surface area contributed by atoms with E-state index in [1.54, 1.807) is 21.6 Å². The van der Waals surface area contributed by atoms with Crippen molar-refractivity contribution in [3.05, 3.63) is 52.6 Å². The highest BCUT2D eigenvalue weighted by molar-refractivity contribution is 7.88. The molecule has 206 valence electrons. The van der Waals surface area contributed by atoms with Crippen LogP contribution in [0.2, 0.25) is 5.02 Å². The van der Waals surface area contributed by atoms with Gasteiger partial charge in [-0.05, 0) is 63.8 Å². The van der Waals surface area contributed by atoms with Crippen LogP contribution in [0.25, 0.3) is 0 Å². The van der Waals surface area contributed by atoms with Gasteiger partial charge >= 0.3 is 0 Å². The van der Waals surface area contributed by atoms with Gasteiger partial charge in [0, 0.05) is 48.0 Å². The van der Waals surface area contributed by atoms with Crippen molar-refractivity contribution in [1.82, 2.24) is 25.1 Å². The van der Waals surface area contributed by atoms with Crippen molar-refractivity contribution >= 4 is 34.2 Å². The summed E-state index contributed by atoms with van der Waals surface area (Å²) in [5.41, 5.74) is 1.31. The average molecular weight is 562 g/mol. The minimum atomic E-state index is -1.17. The first-order chi connectivity index (χ1) is 18.2. The lowest BCUT2D eigenvalue weighted by molar-refractivity contribution is 0.0697. The molecule has 3 aliphatic rings. The second-order valence-electron chi connectivity index (χ2n) is 11.2. The van der Waals surface area contributed by atoms with E-state index < -0.39 is 20.3 Å². The molecular formula is C27H36ClN5O4S. The van der Waals surface area contributed by atoms with Crippen molar-refractivity contribution in [1.29, 1.82) is 0 Å². The Morgan fingerprint density at radius 3 is 2.74 bits per heavy atom. The van der Waals surface area contributed by atoms with Gasteiger partial charge in [-0.1, -0.05) is 23.7 Å². The van der Waals surface area contributed by atoms with Crippen LogP contribution >= 0.6 is 11.6 Å². The molecule has 2 unspecified atom stereocenters. The topological polar surface area (TPSA) is 106 Å². The second-order valence-corrected chi connectivity index (χ2v) is 14.1. The lowest BCUT2D eigenvalue weighted by atomic mass is 10.2. The first-order valence-corrected chi connectivity index (χ1v) is 14.8. The fourth-order valence-corrected chi connectivity index (χ4v) is 7.56. The number of benzene rings is 1. The number of fused-ring (bicyclic) bond motifs is 1. The number of hydrogen-bond donors (Lipinski definition) is 2. The molecule has 5 rings (SSSR count). The fourth-order valence-electron chi connectivity index (χ4n) is 5.33. The molecule has 2 N–H and O–H groups in total. The molecule has 1 saturated heterocycles. The van der Waals surface area contributed by atoms with Gasteiger partial charge in [0.2, 0.25) is 0 Å². The molecule has 2 atom stereocenters. The van der Waals surface area contributed by atoms with E-state index in [9.17, 15) is 13.8 Å². The number of nitrogens with one attached hydrogen (secondary N) is 2. The molecule has 38 heavy (non-hydrogen) atoms. The first kappa shape index (κ1) is 27.3. The highest BCUT2D eigenvalue weighted by atomic mass is 35.5. The van der Waals surface area contributed by atoms with Crippen LogP contribution in [0.15, 0.2) is 30.5 Å². The summed E-state index contributed by atoms with van der Waals surface area (Å²) in [5, 5.41) is 6.93. The van der Waals surface area contributed by atoms with E-state index in [2.05, 4.69) is 15.6 Å². The third-order valence-electron chi connectivity index (χ3n) is 7.64. The van der Waals surface area contributed by atoms with E-state index in [4.69, 9.17) is 16.3 Å². The molecule has 0 spiro atoms. The van der Waals surface area contributed by atoms with Crippen molar-refractivity contribution in [2.24, 2.45) is 0 Å². The summed E-state index contributed by atoms with van der Waals surface area (Å²) in [6, 6.07) is 7.63. The molecular weight excluding hydrogens is 526 g/mol. The van der Waals surface area contributed by atoms with Gasteiger partial charge < -0.3 is 24.8 Å². The number of nitrogens with zero attached hydrogens (tertiary/aromatic N) is 3. The maximum absolute atomic E-state index is 13.7. The number of carbonyl (C=O) groups is 2. The fraction of sp³-hybridized carbons (Fsp3) is 0.593. The Hall–Kier alpha value is -2.27. The van der Waals surface area contributed by atoms with Crippen LogP contribution < -0.4 is 10.6 Å². The predicted octanol–water partition coefficient (Wildman–Crippen LogP) is 2.75. The molecule has 0 radical (unpaired) electrons. The number of rotatable bonds is 11. The van der Waals surface area contributed by atoms with E-state index in [-0.39, 0.29) is 17.6 Å². The van der Waals surface area contributed by atoms with Crippen LogP contribution in [0.5, 0.6) is 0 Å². The van der Waals surface area contributed by atoms with Gasteiger partial charge in [0.1, 0.15) is 5.69 Å². The lowest BCUT2D eigenvalue weighted by Crippen LogP contribution is -2.50. The standard InChI is InChI=1S/C27H36ClN5O4S/c1-26(2,18-37-16-21-4-3-11-29-21)38(36)27(9-10-27)17-32-12-13-33-22(25(32)35)15-30-23(33)24(34)31-14-19-5-7-20(28)8-6-19/h5-8,15,21,29H,3-4,9-14,16-18H2,1-2H3,(H,31,34). The van der Waals surface area contributed by atoms with Crippen LogP contribution in [0.1, 0.15) is 66.2 Å². The zero-order valence-electron chi connectivity index (χ0n) is 22.0. The number of amides is 2. The highest BCUT2D eigenvalue weighted by Crippen LogP contribution is 2.46. The van der Waals surface area contributed by atoms with Crippen LogP contribution in [-0.4, -0.2) is 78.9 Å². The molecule has 1 aromatic heterocycles. The summed E-state index contributed by atoms with van der Waals surface area (Å²) >= 11 is 5.92. The van der Waals surface area contributed by atoms with Gasteiger partial charge in [-0.3, -0.25) is 13.8 Å². The summed E-state index contributed by atoms with van der Waals surface area (Å²) in [5.74, 6) is -0.284. The van der Waals surface area contributed by atoms with E-state index in [0.717, 1.165) is 31.4 Å². The molecule has 1 aromatic carbocycles. The number of carbonyl (C=O) groups excluding carboxylic acids is 2. The van der Waals surface area contributed by atoms with Crippen LogP contribution in [0, 0.1) is 0 Å². The number of imidazole rings is 1. The number of hydrogen-bond acceptors (Lipinski definition) is 6. The largest absolute Gasteiger partial charge is 0.378 e. The molecule has 0 bridgehead atoms. The number of halogens is 1. The third-order valence-corrected chi connectivity index (χ3v) is 10.3. The molecule has 2 aromatic rings. The summed E-state index contributed by atoms with van der Waals surface area (Å²) in [6.45, 7) is 7.77. The van der Waals surface area contributed by atoms with Gasteiger partial charge in [-0.15, -0.1) is 0 Å². The van der Waals surface area contributed by atoms with Gasteiger partial charge in [-0.2, -0.15) is 0 Å². The Morgan fingerprint density at radius 1 is 1.29 bits per heavy atom. The van der Waals surface area contributed by atoms with Gasteiger partial charge in [0.15, 0.2) is 5.82 Å². The highest BCUT2D eigenvalue weighted by Gasteiger charge is 2.55. The zero-order valence-corrected chi connectivity index (χ0v) is 23.6. The predicted molar refractivity (Wildman–Crippen MR) is 147 cm³/mol. The number of aromatic nitrogens is 2. The van der Waals surface area contributed by atoms with Crippen molar-refractivity contribution in [3.63, 3.8) is 0 Å². The van der Waals surface area contributed by atoms with Crippen molar-refractivity contribution in [3.8, 4) is 0 Å². The summed E-state index contributed by atoms with van der Waals surface area (Å²) in [6.07, 6.45) is 5.41. The molecule has 1 aliphatic carbocycles. The van der Waals surface area contributed by atoms with E-state index in [1.165, 1.54) is 12.6 Å². The molecule has 11 heteroatoms. The van der Waals surface area contributed by atoms with Crippen molar-refractivity contribution in [2.75, 3.05) is 32.8 Å². The molecule has 2 fully saturated rings. The minimum absolute atomic E-state index is 0.176. The minimum Gasteiger partial charge on any atom is -0.378 e. The Balaban J connectivity index is 1.18. The average Bonchev–Trinajstić information content (AvgIpc) is 3.26. The molecule has 9 nitrogen and oxygen atoms in total. The Labute approximate surface area is 231 Å². The van der Waals surface area contributed by atoms with Crippen LogP contribution in [0.3, 0.4) is 0 Å². The third kappa shape index (κ3) is 5.83. The summed E-state index contributed by atoms with van der Waals surface area (Å²) < 4.78 is 20.4. The smallest absolute Gasteiger partial charge is 0.287 e. The maximum atomic E-state index is 13.7. The SMILES string of the molecule is CC(C)(COCC1CCCN1)S(=O)C1(CN2CCn3c(cnc3C(=O)NCc3ccc(Cl)cc3)C2=O)CC1. The van der Waals surface area contributed by atoms with E-state index >= 15 is 0 Å². The molecule has 3 heterocycles. The zero-order chi connectivity index (χ0) is 26.9. The molecule has 2 aliphatic heterocycles. The van der Waals surface area contributed by atoms with Gasteiger partial charge in [-0.25, -0.2) is 4.98 Å². The lowest BCUT2D eigenvalue weighted by Gasteiger charge is -2.35. The number of ether oxygens (including phenoxy) is 1.